The Bertz CT molecular complexity index is 2800. The van der Waals surface area contributed by atoms with Gasteiger partial charge in [0.05, 0.1) is 16.7 Å². The first-order valence-electron chi connectivity index (χ1n) is 16.7. The Morgan fingerprint density at radius 2 is 1.00 bits per heavy atom. The van der Waals surface area contributed by atoms with Crippen LogP contribution in [0.3, 0.4) is 0 Å². The lowest BCUT2D eigenvalue weighted by atomic mass is 10.00. The second-order valence-electron chi connectivity index (χ2n) is 12.5. The van der Waals surface area contributed by atoms with Crippen LogP contribution >= 0.6 is 0 Å². The summed E-state index contributed by atoms with van der Waals surface area (Å²) in [5, 5.41) is 5.66. The predicted octanol–water partition coefficient (Wildman–Crippen LogP) is 11.5. The fraction of sp³-hybridized carbons (Fsp3) is 0. The molecule has 0 bridgehead atoms. The summed E-state index contributed by atoms with van der Waals surface area (Å²) in [6.07, 6.45) is 0. The number of nitrogens with zero attached hydrogens (tertiary/aromatic N) is 4. The summed E-state index contributed by atoms with van der Waals surface area (Å²) in [5.74, 6) is 2.23. The van der Waals surface area contributed by atoms with Crippen LogP contribution in [0.15, 0.2) is 174 Å². The first kappa shape index (κ1) is 28.2. The van der Waals surface area contributed by atoms with Crippen molar-refractivity contribution in [1.29, 1.82) is 0 Å². The summed E-state index contributed by atoms with van der Waals surface area (Å²) in [7, 11) is 0. The summed E-state index contributed by atoms with van der Waals surface area (Å²) >= 11 is 0. The fourth-order valence-electron chi connectivity index (χ4n) is 7.06. The Kier molecular flexibility index (Phi) is 6.42. The van der Waals surface area contributed by atoms with Crippen molar-refractivity contribution in [1.82, 2.24) is 19.5 Å². The van der Waals surface area contributed by atoms with Gasteiger partial charge in [-0.25, -0.2) is 15.0 Å². The van der Waals surface area contributed by atoms with E-state index in [0.717, 1.165) is 49.6 Å². The molecule has 0 saturated heterocycles. The molecule has 10 aromatic rings. The average molecular weight is 641 g/mol. The highest BCUT2D eigenvalue weighted by molar-refractivity contribution is 6.09. The van der Waals surface area contributed by atoms with Gasteiger partial charge in [0.25, 0.3) is 0 Å². The zero-order valence-corrected chi connectivity index (χ0v) is 26.9. The number of fused-ring (bicyclic) bond motifs is 5. The molecule has 0 aliphatic carbocycles. The van der Waals surface area contributed by atoms with Crippen LogP contribution in [0, 0.1) is 0 Å². The Labute approximate surface area is 287 Å². The molecule has 50 heavy (non-hydrogen) atoms. The second-order valence-corrected chi connectivity index (χ2v) is 12.5. The molecule has 7 aromatic carbocycles. The van der Waals surface area contributed by atoms with Crippen molar-refractivity contribution in [3.8, 4) is 51.2 Å². The van der Waals surface area contributed by atoms with Gasteiger partial charge in [-0.3, -0.25) is 0 Å². The van der Waals surface area contributed by atoms with Gasteiger partial charge in [-0.05, 0) is 70.4 Å². The fourth-order valence-corrected chi connectivity index (χ4v) is 7.06. The summed E-state index contributed by atoms with van der Waals surface area (Å²) in [6, 6.07) is 58.8. The molecular formula is C45H28N4O. The smallest absolute Gasteiger partial charge is 0.199 e. The highest BCUT2D eigenvalue weighted by Crippen LogP contribution is 2.37. The summed E-state index contributed by atoms with van der Waals surface area (Å²) < 4.78 is 8.63. The highest BCUT2D eigenvalue weighted by atomic mass is 16.3. The minimum Gasteiger partial charge on any atom is -0.453 e. The van der Waals surface area contributed by atoms with Crippen molar-refractivity contribution in [2.75, 3.05) is 0 Å². The normalized spacial score (nSPS) is 11.6. The number of hydrogen-bond acceptors (Lipinski definition) is 4. The lowest BCUT2D eigenvalue weighted by Crippen LogP contribution is -2.03. The van der Waals surface area contributed by atoms with Crippen molar-refractivity contribution in [3.63, 3.8) is 0 Å². The standard InChI is InChI=1S/C45H28N4O/c1-2-12-29(13-3-1)30-22-23-32-27-34(25-24-31(32)26-30)43-46-44(48-45(47-43)42-28-33-14-4-11-21-41(33)50-42)37-17-7-10-20-40(37)49-38-18-8-5-15-35(38)36-16-6-9-19-39(36)49/h1-28H. The molecule has 0 fully saturated rings. The number of rotatable bonds is 5. The van der Waals surface area contributed by atoms with Crippen LogP contribution in [-0.2, 0) is 0 Å². The maximum Gasteiger partial charge on any atom is 0.199 e. The van der Waals surface area contributed by atoms with Crippen LogP contribution in [0.2, 0.25) is 0 Å². The van der Waals surface area contributed by atoms with E-state index in [4.69, 9.17) is 19.4 Å². The van der Waals surface area contributed by atoms with Crippen LogP contribution in [0.25, 0.3) is 94.7 Å². The molecular weight excluding hydrogens is 613 g/mol. The molecule has 0 unspecified atom stereocenters. The first-order valence-corrected chi connectivity index (χ1v) is 16.7. The zero-order chi connectivity index (χ0) is 33.0. The lowest BCUT2D eigenvalue weighted by molar-refractivity contribution is 0.625. The maximum atomic E-state index is 6.32. The monoisotopic (exact) mass is 640 g/mol. The van der Waals surface area contributed by atoms with Gasteiger partial charge >= 0.3 is 0 Å². The largest absolute Gasteiger partial charge is 0.453 e. The van der Waals surface area contributed by atoms with Gasteiger partial charge in [0.15, 0.2) is 23.2 Å². The average Bonchev–Trinajstić information content (AvgIpc) is 3.78. The zero-order valence-electron chi connectivity index (χ0n) is 26.9. The predicted molar refractivity (Wildman–Crippen MR) is 203 cm³/mol. The van der Waals surface area contributed by atoms with Crippen molar-refractivity contribution in [2.24, 2.45) is 0 Å². The Balaban J connectivity index is 1.18. The minimum atomic E-state index is 0.484. The summed E-state index contributed by atoms with van der Waals surface area (Å²) in [6.45, 7) is 0. The van der Waals surface area contributed by atoms with Crippen LogP contribution in [0.5, 0.6) is 0 Å². The molecule has 3 heterocycles. The first-order chi connectivity index (χ1) is 24.8. The van der Waals surface area contributed by atoms with Crippen LogP contribution in [0.1, 0.15) is 0 Å². The topological polar surface area (TPSA) is 56.7 Å². The van der Waals surface area contributed by atoms with E-state index in [9.17, 15) is 0 Å². The summed E-state index contributed by atoms with van der Waals surface area (Å²) in [4.78, 5) is 15.3. The molecule has 5 heteroatoms. The molecule has 0 N–H and O–H groups in total. The molecule has 0 aliphatic heterocycles. The molecule has 3 aromatic heterocycles. The molecule has 0 atom stereocenters. The number of hydrogen-bond donors (Lipinski definition) is 0. The van der Waals surface area contributed by atoms with Crippen molar-refractivity contribution in [2.45, 2.75) is 0 Å². The van der Waals surface area contributed by atoms with Gasteiger partial charge in [-0.2, -0.15) is 0 Å². The molecule has 234 valence electrons. The van der Waals surface area contributed by atoms with Gasteiger partial charge in [0, 0.05) is 27.3 Å². The van der Waals surface area contributed by atoms with E-state index in [-0.39, 0.29) is 0 Å². The molecule has 0 spiro atoms. The van der Waals surface area contributed by atoms with E-state index in [2.05, 4.69) is 132 Å². The molecule has 0 aliphatic rings. The minimum absolute atomic E-state index is 0.484. The van der Waals surface area contributed by atoms with Crippen LogP contribution in [0.4, 0.5) is 0 Å². The second kappa shape index (κ2) is 11.4. The van der Waals surface area contributed by atoms with Crippen LogP contribution < -0.4 is 0 Å². The van der Waals surface area contributed by atoms with E-state index in [1.165, 1.54) is 21.9 Å². The molecule has 5 nitrogen and oxygen atoms in total. The van der Waals surface area contributed by atoms with Gasteiger partial charge in [-0.15, -0.1) is 0 Å². The van der Waals surface area contributed by atoms with E-state index in [1.54, 1.807) is 0 Å². The third-order valence-electron chi connectivity index (χ3n) is 9.45. The van der Waals surface area contributed by atoms with E-state index in [0.29, 0.717) is 23.2 Å². The van der Waals surface area contributed by atoms with Crippen LogP contribution in [-0.4, -0.2) is 19.5 Å². The quantitative estimate of drug-likeness (QED) is 0.188. The van der Waals surface area contributed by atoms with Crippen molar-refractivity contribution < 1.29 is 4.42 Å². The van der Waals surface area contributed by atoms with Gasteiger partial charge < -0.3 is 8.98 Å². The van der Waals surface area contributed by atoms with E-state index >= 15 is 0 Å². The number of para-hydroxylation sites is 4. The van der Waals surface area contributed by atoms with E-state index < -0.39 is 0 Å². The SMILES string of the molecule is c1ccc(-c2ccc3cc(-c4nc(-c5cc6ccccc6o5)nc(-c5ccccc5-n5c6ccccc6c6ccccc65)n4)ccc3c2)cc1. The van der Waals surface area contributed by atoms with E-state index in [1.807, 2.05) is 42.5 Å². The summed E-state index contributed by atoms with van der Waals surface area (Å²) in [5.41, 5.74) is 8.20. The van der Waals surface area contributed by atoms with Crippen molar-refractivity contribution in [3.05, 3.63) is 170 Å². The number of benzene rings is 7. The van der Waals surface area contributed by atoms with Gasteiger partial charge in [-0.1, -0.05) is 121 Å². The molecule has 0 saturated carbocycles. The third-order valence-corrected chi connectivity index (χ3v) is 9.45. The Morgan fingerprint density at radius 3 is 1.78 bits per heavy atom. The number of furan rings is 1. The highest BCUT2D eigenvalue weighted by Gasteiger charge is 2.20. The van der Waals surface area contributed by atoms with Gasteiger partial charge in [0.2, 0.25) is 0 Å². The Hall–Kier alpha value is -6.85. The lowest BCUT2D eigenvalue weighted by Gasteiger charge is -2.14. The number of aromatic nitrogens is 4. The van der Waals surface area contributed by atoms with Crippen molar-refractivity contribution >= 4 is 43.5 Å². The molecule has 0 radical (unpaired) electrons. The third kappa shape index (κ3) is 4.67. The Morgan fingerprint density at radius 1 is 0.400 bits per heavy atom. The molecule has 10 rings (SSSR count). The maximum absolute atomic E-state index is 6.32. The molecule has 0 amide bonds. The van der Waals surface area contributed by atoms with Gasteiger partial charge in [0.1, 0.15) is 5.58 Å².